The molecule has 1 aromatic carbocycles. The van der Waals surface area contributed by atoms with Crippen molar-refractivity contribution in [3.63, 3.8) is 0 Å². The third-order valence-corrected chi connectivity index (χ3v) is 4.01. The molecular weight excluding hydrogens is 320 g/mol. The standard InChI is InChI=1S/C16H19ClN2O2S/c1-9(2)21-14-6-5-11(8-13(14)17)7-12-10(3)18-16(22-4)19-15(12)20/h5-6,8-9H,7H2,1-4H3,(H,18,19,20). The molecule has 2 rings (SSSR count). The van der Waals surface area contributed by atoms with Crippen molar-refractivity contribution in [1.82, 2.24) is 9.97 Å². The maximum absolute atomic E-state index is 12.2. The Morgan fingerprint density at radius 1 is 1.41 bits per heavy atom. The number of halogens is 1. The highest BCUT2D eigenvalue weighted by atomic mass is 35.5. The van der Waals surface area contributed by atoms with Gasteiger partial charge in [-0.3, -0.25) is 4.79 Å². The summed E-state index contributed by atoms with van der Waals surface area (Å²) in [7, 11) is 0. The Balaban J connectivity index is 2.28. The van der Waals surface area contributed by atoms with Crippen LogP contribution in [0.15, 0.2) is 28.2 Å². The Labute approximate surface area is 139 Å². The Kier molecular flexibility index (Phi) is 5.53. The largest absolute Gasteiger partial charge is 0.489 e. The number of hydrogen-bond donors (Lipinski definition) is 1. The van der Waals surface area contributed by atoms with Gasteiger partial charge in [-0.1, -0.05) is 29.4 Å². The van der Waals surface area contributed by atoms with Gasteiger partial charge in [0.1, 0.15) is 5.75 Å². The fourth-order valence-electron chi connectivity index (χ4n) is 2.10. The van der Waals surface area contributed by atoms with Crippen LogP contribution in [0, 0.1) is 6.92 Å². The molecular formula is C16H19ClN2O2S. The summed E-state index contributed by atoms with van der Waals surface area (Å²) in [5.41, 5.74) is 2.25. The lowest BCUT2D eigenvalue weighted by molar-refractivity contribution is 0.242. The van der Waals surface area contributed by atoms with Crippen molar-refractivity contribution >= 4 is 23.4 Å². The van der Waals surface area contributed by atoms with Gasteiger partial charge in [-0.05, 0) is 44.7 Å². The van der Waals surface area contributed by atoms with Gasteiger partial charge < -0.3 is 9.72 Å². The van der Waals surface area contributed by atoms with Crippen molar-refractivity contribution in [2.24, 2.45) is 0 Å². The summed E-state index contributed by atoms with van der Waals surface area (Å²) >= 11 is 7.65. The SMILES string of the molecule is CSc1nc(C)c(Cc2ccc(OC(C)C)c(Cl)c2)c(=O)[nH]1. The fourth-order valence-corrected chi connectivity index (χ4v) is 2.77. The minimum absolute atomic E-state index is 0.0664. The molecule has 1 N–H and O–H groups in total. The average molecular weight is 339 g/mol. The molecule has 0 aliphatic rings. The van der Waals surface area contributed by atoms with Crippen molar-refractivity contribution < 1.29 is 4.74 Å². The summed E-state index contributed by atoms with van der Waals surface area (Å²) in [5.74, 6) is 0.655. The molecule has 0 bridgehead atoms. The molecule has 6 heteroatoms. The van der Waals surface area contributed by atoms with Gasteiger partial charge >= 0.3 is 0 Å². The van der Waals surface area contributed by atoms with Crippen molar-refractivity contribution in [3.8, 4) is 5.75 Å². The highest BCUT2D eigenvalue weighted by Gasteiger charge is 2.11. The summed E-state index contributed by atoms with van der Waals surface area (Å²) < 4.78 is 5.61. The number of nitrogens with zero attached hydrogens (tertiary/aromatic N) is 1. The van der Waals surface area contributed by atoms with Gasteiger partial charge in [0.05, 0.1) is 11.1 Å². The lowest BCUT2D eigenvalue weighted by Gasteiger charge is -2.12. The van der Waals surface area contributed by atoms with E-state index in [2.05, 4.69) is 9.97 Å². The van der Waals surface area contributed by atoms with Gasteiger partial charge in [0.25, 0.3) is 5.56 Å². The molecule has 1 aromatic heterocycles. The lowest BCUT2D eigenvalue weighted by atomic mass is 10.1. The van der Waals surface area contributed by atoms with E-state index < -0.39 is 0 Å². The monoisotopic (exact) mass is 338 g/mol. The Hall–Kier alpha value is -1.46. The zero-order chi connectivity index (χ0) is 16.3. The molecule has 0 amide bonds. The van der Waals surface area contributed by atoms with Crippen molar-refractivity contribution in [2.75, 3.05) is 6.26 Å². The number of rotatable bonds is 5. The molecule has 0 saturated carbocycles. The lowest BCUT2D eigenvalue weighted by Crippen LogP contribution is -2.17. The Morgan fingerprint density at radius 3 is 2.68 bits per heavy atom. The van der Waals surface area contributed by atoms with Crippen molar-refractivity contribution in [1.29, 1.82) is 0 Å². The molecule has 0 fully saturated rings. The zero-order valence-electron chi connectivity index (χ0n) is 13.1. The van der Waals surface area contributed by atoms with Crippen LogP contribution in [0.1, 0.15) is 30.7 Å². The van der Waals surface area contributed by atoms with Gasteiger partial charge in [0, 0.05) is 17.7 Å². The number of aromatic nitrogens is 2. The van der Waals surface area contributed by atoms with E-state index in [1.165, 1.54) is 11.8 Å². The first-order chi connectivity index (χ1) is 10.4. The van der Waals surface area contributed by atoms with Crippen LogP contribution in [0.5, 0.6) is 5.75 Å². The van der Waals surface area contributed by atoms with Crippen LogP contribution in [0.25, 0.3) is 0 Å². The first kappa shape index (κ1) is 16.9. The van der Waals surface area contributed by atoms with E-state index in [-0.39, 0.29) is 11.7 Å². The van der Waals surface area contributed by atoms with Gasteiger partial charge in [0.15, 0.2) is 5.16 Å². The number of thioether (sulfide) groups is 1. The highest BCUT2D eigenvalue weighted by Crippen LogP contribution is 2.27. The molecule has 0 spiro atoms. The van der Waals surface area contributed by atoms with Gasteiger partial charge in [-0.25, -0.2) is 4.98 Å². The van der Waals surface area contributed by atoms with Crippen LogP contribution >= 0.6 is 23.4 Å². The quantitative estimate of drug-likeness (QED) is 0.665. The van der Waals surface area contributed by atoms with Crippen LogP contribution in [-0.4, -0.2) is 22.3 Å². The van der Waals surface area contributed by atoms with Crippen molar-refractivity contribution in [2.45, 2.75) is 38.5 Å². The van der Waals surface area contributed by atoms with Crippen LogP contribution in [0.4, 0.5) is 0 Å². The smallest absolute Gasteiger partial charge is 0.255 e. The molecule has 118 valence electrons. The second kappa shape index (κ2) is 7.20. The van der Waals surface area contributed by atoms with E-state index >= 15 is 0 Å². The minimum Gasteiger partial charge on any atom is -0.489 e. The molecule has 0 radical (unpaired) electrons. The number of aromatic amines is 1. The van der Waals surface area contributed by atoms with E-state index in [1.54, 1.807) is 0 Å². The van der Waals surface area contributed by atoms with Gasteiger partial charge in [-0.2, -0.15) is 0 Å². The maximum Gasteiger partial charge on any atom is 0.255 e. The van der Waals surface area contributed by atoms with E-state index in [9.17, 15) is 4.79 Å². The first-order valence-corrected chi connectivity index (χ1v) is 8.60. The van der Waals surface area contributed by atoms with Crippen LogP contribution in [-0.2, 0) is 6.42 Å². The van der Waals surface area contributed by atoms with E-state index in [0.29, 0.717) is 27.9 Å². The summed E-state index contributed by atoms with van der Waals surface area (Å²) in [6.07, 6.45) is 2.44. The first-order valence-electron chi connectivity index (χ1n) is 6.99. The second-order valence-corrected chi connectivity index (χ2v) is 6.45. The zero-order valence-corrected chi connectivity index (χ0v) is 14.6. The predicted molar refractivity (Wildman–Crippen MR) is 91.4 cm³/mol. The normalized spacial score (nSPS) is 11.0. The molecule has 0 aliphatic heterocycles. The molecule has 0 atom stereocenters. The molecule has 1 heterocycles. The Bertz CT molecular complexity index is 729. The molecule has 4 nitrogen and oxygen atoms in total. The summed E-state index contributed by atoms with van der Waals surface area (Å²) in [6, 6.07) is 5.59. The third-order valence-electron chi connectivity index (χ3n) is 3.13. The molecule has 0 unspecified atom stereocenters. The number of nitrogens with one attached hydrogen (secondary N) is 1. The average Bonchev–Trinajstić information content (AvgIpc) is 2.45. The van der Waals surface area contributed by atoms with Crippen LogP contribution in [0.2, 0.25) is 5.02 Å². The number of ether oxygens (including phenoxy) is 1. The third kappa shape index (κ3) is 4.05. The second-order valence-electron chi connectivity index (χ2n) is 5.25. The van der Waals surface area contributed by atoms with E-state index in [0.717, 1.165) is 11.3 Å². The molecule has 2 aromatic rings. The minimum atomic E-state index is -0.101. The molecule has 0 saturated heterocycles. The number of benzene rings is 1. The summed E-state index contributed by atoms with van der Waals surface area (Å²) in [5, 5.41) is 1.18. The fraction of sp³-hybridized carbons (Fsp3) is 0.375. The van der Waals surface area contributed by atoms with E-state index in [4.69, 9.17) is 16.3 Å². The van der Waals surface area contributed by atoms with Gasteiger partial charge in [-0.15, -0.1) is 0 Å². The van der Waals surface area contributed by atoms with Gasteiger partial charge in [0.2, 0.25) is 0 Å². The Morgan fingerprint density at radius 2 is 2.14 bits per heavy atom. The number of hydrogen-bond acceptors (Lipinski definition) is 4. The van der Waals surface area contributed by atoms with Crippen LogP contribution < -0.4 is 10.3 Å². The summed E-state index contributed by atoms with van der Waals surface area (Å²) in [4.78, 5) is 19.3. The van der Waals surface area contributed by atoms with E-state index in [1.807, 2.05) is 45.2 Å². The summed E-state index contributed by atoms with van der Waals surface area (Å²) in [6.45, 7) is 5.75. The maximum atomic E-state index is 12.2. The molecule has 22 heavy (non-hydrogen) atoms. The number of H-pyrrole nitrogens is 1. The predicted octanol–water partition coefficient (Wildman–Crippen LogP) is 3.83. The topological polar surface area (TPSA) is 55.0 Å². The number of aryl methyl sites for hydroxylation is 1. The van der Waals surface area contributed by atoms with Crippen molar-refractivity contribution in [3.05, 3.63) is 50.4 Å². The molecule has 0 aliphatic carbocycles. The highest BCUT2D eigenvalue weighted by molar-refractivity contribution is 7.98. The van der Waals surface area contributed by atoms with Crippen LogP contribution in [0.3, 0.4) is 0 Å².